The van der Waals surface area contributed by atoms with Crippen LogP contribution < -0.4 is 16.0 Å². The van der Waals surface area contributed by atoms with Crippen molar-refractivity contribution in [1.82, 2.24) is 10.3 Å². The predicted molar refractivity (Wildman–Crippen MR) is 133 cm³/mol. The molecule has 0 radical (unpaired) electrons. The molecule has 4 heterocycles. The van der Waals surface area contributed by atoms with Crippen LogP contribution in [0.5, 0.6) is 0 Å². The quantitative estimate of drug-likeness (QED) is 0.582. The monoisotopic (exact) mass is 480 g/mol. The Balaban J connectivity index is 1.18. The maximum atomic E-state index is 15.3. The molecule has 0 saturated carbocycles. The average Bonchev–Trinajstić information content (AvgIpc) is 3.14. The van der Waals surface area contributed by atoms with Crippen molar-refractivity contribution in [2.24, 2.45) is 0 Å². The van der Waals surface area contributed by atoms with Crippen LogP contribution in [0.4, 0.5) is 15.8 Å². The minimum absolute atomic E-state index is 0.123. The molecule has 34 heavy (non-hydrogen) atoms. The molecule has 1 amide bonds. The number of amides is 1. The van der Waals surface area contributed by atoms with E-state index in [1.807, 2.05) is 19.1 Å². The molecule has 2 unspecified atom stereocenters. The van der Waals surface area contributed by atoms with E-state index in [1.165, 1.54) is 17.8 Å². The SMILES string of the molecule is Cc1ccc2c(N)c(C(=O)N[C@@H]3CCc4cc(N5CC6CCCC(C5)O6)cc(F)c4C3)sc2n1. The van der Waals surface area contributed by atoms with Crippen LogP contribution in [-0.4, -0.2) is 42.2 Å². The number of halogens is 1. The highest BCUT2D eigenvalue weighted by Gasteiger charge is 2.32. The molecule has 1 aliphatic carbocycles. The van der Waals surface area contributed by atoms with Crippen molar-refractivity contribution in [3.8, 4) is 0 Å². The summed E-state index contributed by atoms with van der Waals surface area (Å²) in [7, 11) is 0. The van der Waals surface area contributed by atoms with E-state index in [9.17, 15) is 4.79 Å². The van der Waals surface area contributed by atoms with Crippen molar-refractivity contribution in [2.75, 3.05) is 23.7 Å². The average molecular weight is 481 g/mol. The van der Waals surface area contributed by atoms with E-state index >= 15 is 4.39 Å². The number of nitrogen functional groups attached to an aromatic ring is 1. The van der Waals surface area contributed by atoms with E-state index in [0.717, 1.165) is 71.5 Å². The Morgan fingerprint density at radius 2 is 2.03 bits per heavy atom. The number of fused-ring (bicyclic) bond motifs is 4. The summed E-state index contributed by atoms with van der Waals surface area (Å²) in [6, 6.07) is 7.50. The Labute approximate surface area is 202 Å². The molecule has 2 aliphatic heterocycles. The first kappa shape index (κ1) is 21.8. The molecule has 3 N–H and O–H groups in total. The Morgan fingerprint density at radius 1 is 1.24 bits per heavy atom. The minimum atomic E-state index is -0.205. The molecule has 6 nitrogen and oxygen atoms in total. The van der Waals surface area contributed by atoms with Crippen LogP contribution >= 0.6 is 11.3 Å². The number of rotatable bonds is 3. The lowest BCUT2D eigenvalue weighted by Gasteiger charge is -2.43. The van der Waals surface area contributed by atoms with Crippen molar-refractivity contribution >= 4 is 38.8 Å². The number of thiophene rings is 1. The van der Waals surface area contributed by atoms with Crippen LogP contribution in [0.2, 0.25) is 0 Å². The van der Waals surface area contributed by atoms with E-state index in [0.29, 0.717) is 17.0 Å². The Kier molecular flexibility index (Phi) is 5.45. The number of pyridine rings is 1. The molecule has 0 spiro atoms. The topological polar surface area (TPSA) is 80.5 Å². The molecule has 1 aromatic carbocycles. The highest BCUT2D eigenvalue weighted by molar-refractivity contribution is 7.21. The molecule has 3 atom stereocenters. The molecule has 6 rings (SSSR count). The van der Waals surface area contributed by atoms with Gasteiger partial charge in [-0.3, -0.25) is 4.79 Å². The highest BCUT2D eigenvalue weighted by Crippen LogP contribution is 2.35. The first-order valence-electron chi connectivity index (χ1n) is 12.1. The standard InChI is InChI=1S/C26H29FN4O2S/c1-14-5-8-20-23(28)24(34-26(20)29-14)25(32)30-16-7-6-15-9-17(11-22(27)21(15)10-16)31-12-18-3-2-4-19(13-31)33-18/h5,8-9,11,16,18-19H,2-4,6-7,10,12-13,28H2,1H3,(H,30,32)/t16-,18?,19?/m1/s1. The normalized spacial score (nSPS) is 24.2. The maximum absolute atomic E-state index is 15.3. The van der Waals surface area contributed by atoms with Gasteiger partial charge in [0.05, 0.1) is 17.9 Å². The Bertz CT molecular complexity index is 1260. The Hall–Kier alpha value is -2.71. The molecule has 3 aliphatic rings. The lowest BCUT2D eigenvalue weighted by atomic mass is 9.87. The summed E-state index contributed by atoms with van der Waals surface area (Å²) >= 11 is 1.31. The largest absolute Gasteiger partial charge is 0.397 e. The van der Waals surface area contributed by atoms with Crippen LogP contribution in [0.25, 0.3) is 10.2 Å². The van der Waals surface area contributed by atoms with Gasteiger partial charge in [0.2, 0.25) is 0 Å². The molecule has 8 heteroatoms. The number of hydrogen-bond donors (Lipinski definition) is 2. The van der Waals surface area contributed by atoms with E-state index in [4.69, 9.17) is 10.5 Å². The number of benzene rings is 1. The summed E-state index contributed by atoms with van der Waals surface area (Å²) in [5, 5.41) is 3.90. The number of nitrogens with one attached hydrogen (secondary N) is 1. The smallest absolute Gasteiger partial charge is 0.263 e. The van der Waals surface area contributed by atoms with E-state index < -0.39 is 0 Å². The van der Waals surface area contributed by atoms with Gasteiger partial charge in [-0.05, 0) is 80.8 Å². The lowest BCUT2D eigenvalue weighted by molar-refractivity contribution is -0.0605. The summed E-state index contributed by atoms with van der Waals surface area (Å²) in [4.78, 5) is 21.0. The van der Waals surface area contributed by atoms with Gasteiger partial charge in [-0.2, -0.15) is 0 Å². The summed E-state index contributed by atoms with van der Waals surface area (Å²) in [5.41, 5.74) is 10.3. The number of hydrogen-bond acceptors (Lipinski definition) is 6. The number of carbonyl (C=O) groups is 1. The second-order valence-electron chi connectivity index (χ2n) is 9.84. The van der Waals surface area contributed by atoms with Crippen molar-refractivity contribution in [2.45, 2.75) is 63.7 Å². The molecule has 2 bridgehead atoms. The van der Waals surface area contributed by atoms with E-state index in [-0.39, 0.29) is 30.0 Å². The maximum Gasteiger partial charge on any atom is 0.263 e. The number of morpholine rings is 1. The fraction of sp³-hybridized carbons (Fsp3) is 0.462. The number of nitrogens with two attached hydrogens (primary N) is 1. The molecule has 2 aromatic heterocycles. The second kappa shape index (κ2) is 8.50. The number of anilines is 2. The zero-order valence-electron chi connectivity index (χ0n) is 19.3. The highest BCUT2D eigenvalue weighted by atomic mass is 32.1. The third-order valence-corrected chi connectivity index (χ3v) is 8.52. The number of aryl methyl sites for hydroxylation is 2. The van der Waals surface area contributed by atoms with Crippen molar-refractivity contribution in [1.29, 1.82) is 0 Å². The van der Waals surface area contributed by atoms with Crippen LogP contribution in [0.15, 0.2) is 24.3 Å². The van der Waals surface area contributed by atoms with Gasteiger partial charge in [0.15, 0.2) is 0 Å². The molecule has 178 valence electrons. The van der Waals surface area contributed by atoms with Crippen molar-refractivity contribution in [3.05, 3.63) is 51.8 Å². The molecule has 2 fully saturated rings. The van der Waals surface area contributed by atoms with Gasteiger partial charge < -0.3 is 20.7 Å². The zero-order valence-corrected chi connectivity index (χ0v) is 20.1. The summed E-state index contributed by atoms with van der Waals surface area (Å²) in [5.74, 6) is -0.382. The van der Waals surface area contributed by atoms with Gasteiger partial charge in [-0.25, -0.2) is 9.37 Å². The van der Waals surface area contributed by atoms with Gasteiger partial charge in [-0.15, -0.1) is 11.3 Å². The van der Waals surface area contributed by atoms with Gasteiger partial charge >= 0.3 is 0 Å². The lowest BCUT2D eigenvalue weighted by Crippen LogP contribution is -2.50. The molecular weight excluding hydrogens is 451 g/mol. The van der Waals surface area contributed by atoms with Crippen LogP contribution in [0, 0.1) is 12.7 Å². The van der Waals surface area contributed by atoms with Crippen molar-refractivity contribution < 1.29 is 13.9 Å². The van der Waals surface area contributed by atoms with E-state index in [1.54, 1.807) is 6.07 Å². The fourth-order valence-electron chi connectivity index (χ4n) is 5.65. The summed E-state index contributed by atoms with van der Waals surface area (Å²) in [6.45, 7) is 3.58. The first-order chi connectivity index (χ1) is 16.4. The summed E-state index contributed by atoms with van der Waals surface area (Å²) < 4.78 is 21.3. The summed E-state index contributed by atoms with van der Waals surface area (Å²) in [6.07, 6.45) is 5.91. The van der Waals surface area contributed by atoms with Gasteiger partial charge in [-0.1, -0.05) is 0 Å². The second-order valence-corrected chi connectivity index (χ2v) is 10.8. The number of carbonyl (C=O) groups excluding carboxylic acids is 1. The fourth-order valence-corrected chi connectivity index (χ4v) is 6.69. The zero-order chi connectivity index (χ0) is 23.4. The third-order valence-electron chi connectivity index (χ3n) is 7.41. The third kappa shape index (κ3) is 3.92. The predicted octanol–water partition coefficient (Wildman–Crippen LogP) is 4.37. The van der Waals surface area contributed by atoms with Crippen molar-refractivity contribution in [3.63, 3.8) is 0 Å². The molecule has 2 saturated heterocycles. The van der Waals surface area contributed by atoms with Crippen LogP contribution in [-0.2, 0) is 17.6 Å². The number of ether oxygens (including phenoxy) is 1. The van der Waals surface area contributed by atoms with Gasteiger partial charge in [0, 0.05) is 35.9 Å². The number of aromatic nitrogens is 1. The number of nitrogens with zero attached hydrogens (tertiary/aromatic N) is 2. The van der Waals surface area contributed by atoms with Gasteiger partial charge in [0.25, 0.3) is 5.91 Å². The molecule has 3 aromatic rings. The first-order valence-corrected chi connectivity index (χ1v) is 12.9. The Morgan fingerprint density at radius 3 is 2.82 bits per heavy atom. The van der Waals surface area contributed by atoms with E-state index in [2.05, 4.69) is 21.3 Å². The van der Waals surface area contributed by atoms with Crippen LogP contribution in [0.3, 0.4) is 0 Å². The minimum Gasteiger partial charge on any atom is -0.397 e. The molecular formula is C26H29FN4O2S. The van der Waals surface area contributed by atoms with Crippen LogP contribution in [0.1, 0.15) is 52.2 Å². The van der Waals surface area contributed by atoms with Gasteiger partial charge in [0.1, 0.15) is 15.5 Å².